The van der Waals surface area contributed by atoms with Crippen LogP contribution in [0.25, 0.3) is 11.3 Å². The van der Waals surface area contributed by atoms with E-state index < -0.39 is 11.5 Å². The number of aromatic nitrogens is 5. The maximum absolute atomic E-state index is 13.2. The van der Waals surface area contributed by atoms with E-state index in [4.69, 9.17) is 0 Å². The van der Waals surface area contributed by atoms with Crippen LogP contribution in [-0.4, -0.2) is 48.3 Å². The van der Waals surface area contributed by atoms with Crippen molar-refractivity contribution in [1.29, 1.82) is 0 Å². The number of amides is 1. The number of hydrogen-bond acceptors (Lipinski definition) is 8. The molecule has 0 fully saturated rings. The summed E-state index contributed by atoms with van der Waals surface area (Å²) in [6, 6.07) is 8.60. The van der Waals surface area contributed by atoms with Crippen LogP contribution in [0.15, 0.2) is 71.7 Å². The molecule has 0 aromatic carbocycles. The van der Waals surface area contributed by atoms with Crippen molar-refractivity contribution in [2.45, 2.75) is 26.4 Å². The molecule has 1 aliphatic rings. The Morgan fingerprint density at radius 2 is 2.03 bits per heavy atom. The average Bonchev–Trinajstić information content (AvgIpc) is 3.41. The number of carbonyl (C=O) groups is 1. The highest BCUT2D eigenvalue weighted by molar-refractivity contribution is 5.96. The standard InChI is InChI=1S/C25H26N8O3/c1-25(2)19(8-9-20(25)34)30-23(35)18-7-6-17-16(26-3)13-21(31-33(17)18)29-15-5-4-12-32(24(15)36)22-14-27-10-11-28-22/h4-8,10-14,20,26,34H,9H2,1-3H3,(H,29,31)(H,30,35). The predicted molar refractivity (Wildman–Crippen MR) is 136 cm³/mol. The van der Waals surface area contributed by atoms with E-state index in [-0.39, 0.29) is 17.2 Å². The monoisotopic (exact) mass is 486 g/mol. The van der Waals surface area contributed by atoms with Crippen molar-refractivity contribution in [3.05, 3.63) is 82.9 Å². The van der Waals surface area contributed by atoms with Crippen LogP contribution < -0.4 is 21.5 Å². The molecule has 1 aliphatic carbocycles. The maximum atomic E-state index is 13.2. The lowest BCUT2D eigenvalue weighted by Crippen LogP contribution is -2.35. The van der Waals surface area contributed by atoms with E-state index in [1.54, 1.807) is 43.6 Å². The smallest absolute Gasteiger partial charge is 0.280 e. The van der Waals surface area contributed by atoms with E-state index in [0.717, 1.165) is 0 Å². The number of aliphatic hydroxyl groups is 1. The second-order valence-electron chi connectivity index (χ2n) is 9.04. The Morgan fingerprint density at radius 1 is 1.19 bits per heavy atom. The molecule has 4 aromatic heterocycles. The average molecular weight is 487 g/mol. The molecule has 0 radical (unpaired) electrons. The fourth-order valence-electron chi connectivity index (χ4n) is 4.21. The van der Waals surface area contributed by atoms with Gasteiger partial charge in [-0.1, -0.05) is 19.9 Å². The molecule has 1 unspecified atom stereocenters. The molecule has 184 valence electrons. The maximum Gasteiger partial charge on any atom is 0.280 e. The van der Waals surface area contributed by atoms with Gasteiger partial charge in [0.05, 0.1) is 23.5 Å². The third-order valence-corrected chi connectivity index (χ3v) is 6.45. The van der Waals surface area contributed by atoms with Crippen LogP contribution in [0.2, 0.25) is 0 Å². The first kappa shape index (κ1) is 23.2. The van der Waals surface area contributed by atoms with Gasteiger partial charge in [0.15, 0.2) is 11.6 Å². The summed E-state index contributed by atoms with van der Waals surface area (Å²) in [5, 5.41) is 23.9. The van der Waals surface area contributed by atoms with E-state index >= 15 is 0 Å². The number of aliphatic hydroxyl groups excluding tert-OH is 1. The van der Waals surface area contributed by atoms with Crippen molar-refractivity contribution in [2.75, 3.05) is 17.7 Å². The summed E-state index contributed by atoms with van der Waals surface area (Å²) in [6.45, 7) is 3.78. The zero-order valence-electron chi connectivity index (χ0n) is 20.1. The number of anilines is 3. The molecular formula is C25H26N8O3. The minimum atomic E-state index is -0.560. The molecular weight excluding hydrogens is 460 g/mol. The van der Waals surface area contributed by atoms with Crippen LogP contribution in [0, 0.1) is 5.41 Å². The van der Waals surface area contributed by atoms with E-state index in [1.807, 2.05) is 19.9 Å². The molecule has 4 heterocycles. The first-order valence-corrected chi connectivity index (χ1v) is 11.5. The number of hydrogen-bond donors (Lipinski definition) is 4. The van der Waals surface area contributed by atoms with Crippen molar-refractivity contribution in [3.63, 3.8) is 0 Å². The Kier molecular flexibility index (Phi) is 5.77. The van der Waals surface area contributed by atoms with Crippen molar-refractivity contribution >= 4 is 28.6 Å². The zero-order valence-corrected chi connectivity index (χ0v) is 20.1. The van der Waals surface area contributed by atoms with Crippen LogP contribution in [-0.2, 0) is 0 Å². The summed E-state index contributed by atoms with van der Waals surface area (Å²) < 4.78 is 2.90. The van der Waals surface area contributed by atoms with E-state index in [1.165, 1.54) is 27.7 Å². The van der Waals surface area contributed by atoms with E-state index in [9.17, 15) is 14.7 Å². The molecule has 0 saturated carbocycles. The fourth-order valence-corrected chi connectivity index (χ4v) is 4.21. The molecule has 0 aliphatic heterocycles. The molecule has 5 rings (SSSR count). The third kappa shape index (κ3) is 3.99. The molecule has 11 heteroatoms. The van der Waals surface area contributed by atoms with Crippen LogP contribution in [0.1, 0.15) is 30.8 Å². The molecule has 36 heavy (non-hydrogen) atoms. The lowest BCUT2D eigenvalue weighted by atomic mass is 9.87. The summed E-state index contributed by atoms with van der Waals surface area (Å²) in [4.78, 5) is 34.5. The van der Waals surface area contributed by atoms with E-state index in [0.29, 0.717) is 40.7 Å². The highest BCUT2D eigenvalue weighted by atomic mass is 16.3. The van der Waals surface area contributed by atoms with Crippen LogP contribution in [0.5, 0.6) is 0 Å². The number of nitrogens with one attached hydrogen (secondary N) is 3. The van der Waals surface area contributed by atoms with Gasteiger partial charge in [0.25, 0.3) is 11.5 Å². The Hall–Kier alpha value is -4.51. The molecule has 0 bridgehead atoms. The van der Waals surface area contributed by atoms with Crippen molar-refractivity contribution in [1.82, 2.24) is 29.5 Å². The van der Waals surface area contributed by atoms with Gasteiger partial charge < -0.3 is 21.1 Å². The third-order valence-electron chi connectivity index (χ3n) is 6.45. The number of rotatable bonds is 6. The summed E-state index contributed by atoms with van der Waals surface area (Å²) in [5.74, 6) is 0.408. The Morgan fingerprint density at radius 3 is 2.72 bits per heavy atom. The minimum Gasteiger partial charge on any atom is -0.392 e. The Bertz CT molecular complexity index is 1540. The van der Waals surface area contributed by atoms with Gasteiger partial charge in [0.2, 0.25) is 0 Å². The first-order valence-electron chi connectivity index (χ1n) is 11.5. The molecule has 4 N–H and O–H groups in total. The predicted octanol–water partition coefficient (Wildman–Crippen LogP) is 2.46. The van der Waals surface area contributed by atoms with Crippen molar-refractivity contribution in [3.8, 4) is 5.82 Å². The molecule has 1 atom stereocenters. The molecule has 11 nitrogen and oxygen atoms in total. The van der Waals surface area contributed by atoms with Crippen LogP contribution in [0.3, 0.4) is 0 Å². The number of carbonyl (C=O) groups excluding carboxylic acids is 1. The Labute approximate surface area is 206 Å². The lowest BCUT2D eigenvalue weighted by Gasteiger charge is -2.27. The van der Waals surface area contributed by atoms with Crippen LogP contribution >= 0.6 is 0 Å². The van der Waals surface area contributed by atoms with Gasteiger partial charge in [-0.2, -0.15) is 0 Å². The normalized spacial score (nSPS) is 16.6. The summed E-state index contributed by atoms with van der Waals surface area (Å²) in [6.07, 6.45) is 7.92. The summed E-state index contributed by atoms with van der Waals surface area (Å²) in [7, 11) is 1.77. The highest BCUT2D eigenvalue weighted by Crippen LogP contribution is 2.36. The van der Waals surface area contributed by atoms with Crippen molar-refractivity contribution < 1.29 is 9.90 Å². The van der Waals surface area contributed by atoms with Gasteiger partial charge in [-0.3, -0.25) is 19.1 Å². The lowest BCUT2D eigenvalue weighted by molar-refractivity contribution is 0.0814. The second kappa shape index (κ2) is 8.93. The largest absolute Gasteiger partial charge is 0.392 e. The van der Waals surface area contributed by atoms with Crippen LogP contribution in [0.4, 0.5) is 17.2 Å². The van der Waals surface area contributed by atoms with Gasteiger partial charge in [0.1, 0.15) is 11.4 Å². The first-order chi connectivity index (χ1) is 17.3. The van der Waals surface area contributed by atoms with Crippen molar-refractivity contribution in [2.24, 2.45) is 5.41 Å². The SMILES string of the molecule is CNc1cc(Nc2cccn(-c3cnccn3)c2=O)nn2c(C(=O)NC3=CCC(O)C3(C)C)ccc12. The Balaban J connectivity index is 1.50. The second-order valence-corrected chi connectivity index (χ2v) is 9.04. The number of fused-ring (bicyclic) bond motifs is 1. The molecule has 0 spiro atoms. The summed E-state index contributed by atoms with van der Waals surface area (Å²) in [5.41, 5.74) is 1.79. The minimum absolute atomic E-state index is 0.280. The molecule has 0 saturated heterocycles. The number of pyridine rings is 1. The quantitative estimate of drug-likeness (QED) is 0.326. The van der Waals surface area contributed by atoms with E-state index in [2.05, 4.69) is 31.0 Å². The topological polar surface area (TPSA) is 138 Å². The van der Waals surface area contributed by atoms with Gasteiger partial charge in [0, 0.05) is 42.8 Å². The molecule has 1 amide bonds. The molecule has 4 aromatic rings. The van der Waals surface area contributed by atoms with Gasteiger partial charge in [-0.25, -0.2) is 9.50 Å². The van der Waals surface area contributed by atoms with Gasteiger partial charge in [-0.05, 0) is 30.7 Å². The number of nitrogens with zero attached hydrogens (tertiary/aromatic N) is 5. The summed E-state index contributed by atoms with van der Waals surface area (Å²) >= 11 is 0. The fraction of sp³-hybridized carbons (Fsp3) is 0.240. The van der Waals surface area contributed by atoms with Gasteiger partial charge >= 0.3 is 0 Å². The van der Waals surface area contributed by atoms with Gasteiger partial charge in [-0.15, -0.1) is 5.10 Å². The zero-order chi connectivity index (χ0) is 25.4. The highest BCUT2D eigenvalue weighted by Gasteiger charge is 2.37.